The number of aromatic nitrogens is 6. The Morgan fingerprint density at radius 1 is 0.667 bits per heavy atom. The summed E-state index contributed by atoms with van der Waals surface area (Å²) in [7, 11) is 1.63. The molecule has 0 bridgehead atoms. The van der Waals surface area contributed by atoms with Crippen LogP contribution in [-0.2, 0) is 16.0 Å². The molecule has 0 unspecified atom stereocenters. The zero-order chi connectivity index (χ0) is 41.9. The second-order valence-electron chi connectivity index (χ2n) is 14.8. The third-order valence-corrected chi connectivity index (χ3v) is 11.2. The highest BCUT2D eigenvalue weighted by atomic mass is 35.5. The van der Waals surface area contributed by atoms with Crippen molar-refractivity contribution in [2.45, 2.75) is 65.0 Å². The van der Waals surface area contributed by atoms with Crippen LogP contribution in [0.1, 0.15) is 95.8 Å². The zero-order valence-electron chi connectivity index (χ0n) is 33.7. The van der Waals surface area contributed by atoms with Crippen LogP contribution in [0.15, 0.2) is 94.9 Å². The molecule has 0 fully saturated rings. The summed E-state index contributed by atoms with van der Waals surface area (Å²) in [4.78, 5) is 36.9. The van der Waals surface area contributed by atoms with Gasteiger partial charge in [-0.15, -0.1) is 20.4 Å². The van der Waals surface area contributed by atoms with Crippen LogP contribution in [0.5, 0.6) is 5.75 Å². The number of aliphatic imine (C=N–C) groups is 2. The summed E-state index contributed by atoms with van der Waals surface area (Å²) in [5, 5.41) is 25.0. The minimum Gasteiger partial charge on any atom is -0.497 e. The number of nitrogens with one attached hydrogen (secondary N) is 2. The molecule has 0 aliphatic carbocycles. The van der Waals surface area contributed by atoms with Gasteiger partial charge in [0.2, 0.25) is 11.8 Å². The van der Waals surface area contributed by atoms with Crippen LogP contribution in [-0.4, -0.2) is 73.0 Å². The predicted molar refractivity (Wildman–Crippen MR) is 232 cm³/mol. The van der Waals surface area contributed by atoms with E-state index in [1.807, 2.05) is 96.6 Å². The number of fused-ring (bicyclic) bond motifs is 6. The van der Waals surface area contributed by atoms with Crippen molar-refractivity contribution in [3.63, 3.8) is 0 Å². The van der Waals surface area contributed by atoms with Gasteiger partial charge in [-0.3, -0.25) is 28.7 Å². The minimum absolute atomic E-state index is 0.0869. The van der Waals surface area contributed by atoms with E-state index in [-0.39, 0.29) is 24.7 Å². The van der Waals surface area contributed by atoms with Crippen molar-refractivity contribution in [2.75, 3.05) is 20.2 Å². The average molecular weight is 844 g/mol. The normalized spacial score (nSPS) is 15.3. The second-order valence-corrected chi connectivity index (χ2v) is 15.7. The van der Waals surface area contributed by atoms with E-state index in [0.29, 0.717) is 57.9 Å². The Morgan fingerprint density at radius 2 is 1.18 bits per heavy atom. The van der Waals surface area contributed by atoms with Crippen LogP contribution >= 0.6 is 23.2 Å². The Bertz CT molecular complexity index is 2630. The van der Waals surface area contributed by atoms with Crippen molar-refractivity contribution >= 4 is 46.4 Å². The number of unbranched alkanes of at least 4 members (excludes halogenated alkanes) is 1. The Kier molecular flexibility index (Phi) is 11.9. The summed E-state index contributed by atoms with van der Waals surface area (Å²) in [5.41, 5.74) is 7.81. The fourth-order valence-corrected chi connectivity index (χ4v) is 8.08. The molecule has 13 nitrogen and oxygen atoms in total. The summed E-state index contributed by atoms with van der Waals surface area (Å²) in [5.74, 6) is 3.04. The van der Waals surface area contributed by atoms with Crippen molar-refractivity contribution in [3.8, 4) is 17.1 Å². The lowest BCUT2D eigenvalue weighted by atomic mass is 9.96. The van der Waals surface area contributed by atoms with Gasteiger partial charge in [0.05, 0.1) is 42.7 Å². The third kappa shape index (κ3) is 8.32. The van der Waals surface area contributed by atoms with Gasteiger partial charge in [-0.25, -0.2) is 0 Å². The molecule has 4 aromatic carbocycles. The highest BCUT2D eigenvalue weighted by molar-refractivity contribution is 6.31. The molecule has 0 radical (unpaired) electrons. The predicted octanol–water partition coefficient (Wildman–Crippen LogP) is 7.62. The lowest BCUT2D eigenvalue weighted by molar-refractivity contribution is -0.122. The first kappa shape index (κ1) is 40.6. The summed E-state index contributed by atoms with van der Waals surface area (Å²) >= 11 is 12.6. The number of ether oxygens (including phenoxy) is 1. The highest BCUT2D eigenvalue weighted by Gasteiger charge is 2.32. The van der Waals surface area contributed by atoms with Crippen molar-refractivity contribution in [3.05, 3.63) is 146 Å². The highest BCUT2D eigenvalue weighted by Crippen LogP contribution is 2.36. The summed E-state index contributed by atoms with van der Waals surface area (Å²) in [6.45, 7) is 6.71. The van der Waals surface area contributed by atoms with Crippen LogP contribution < -0.4 is 15.4 Å². The number of hydrogen-bond acceptors (Lipinski definition) is 9. The maximum atomic E-state index is 13.6. The van der Waals surface area contributed by atoms with Crippen LogP contribution in [0.4, 0.5) is 0 Å². The lowest BCUT2D eigenvalue weighted by Crippen LogP contribution is -2.26. The van der Waals surface area contributed by atoms with E-state index in [0.717, 1.165) is 64.2 Å². The van der Waals surface area contributed by atoms with Crippen LogP contribution in [0.3, 0.4) is 0 Å². The molecule has 6 aromatic rings. The van der Waals surface area contributed by atoms with Crippen LogP contribution in [0, 0.1) is 13.8 Å². The number of aryl methyl sites for hydroxylation is 3. The van der Waals surface area contributed by atoms with E-state index in [4.69, 9.17) is 37.9 Å². The largest absolute Gasteiger partial charge is 0.497 e. The number of nitrogens with zero attached hydrogens (tertiary/aromatic N) is 8. The SMILES string of the molecule is CCNC(=O)C[C@@H]1N=C(c2ccc(Cl)cc2)c2cc(CCCCNC(=O)C[C@@H]3N=C(c4ccc(Cl)cc4)c4cc(OC)ccc4-n4c(C)nnc43)ccc2-n2c(C)nnc21. The van der Waals surface area contributed by atoms with Crippen molar-refractivity contribution < 1.29 is 14.3 Å². The smallest absolute Gasteiger partial charge is 0.222 e. The molecule has 8 rings (SSSR count). The molecular weight excluding hydrogens is 799 g/mol. The van der Waals surface area contributed by atoms with Gasteiger partial charge in [0.25, 0.3) is 0 Å². The first-order valence-electron chi connectivity index (χ1n) is 20.0. The maximum Gasteiger partial charge on any atom is 0.222 e. The first-order chi connectivity index (χ1) is 29.1. The number of methoxy groups -OCH3 is 1. The van der Waals surface area contributed by atoms with Crippen LogP contribution in [0.2, 0.25) is 10.0 Å². The van der Waals surface area contributed by atoms with Gasteiger partial charge < -0.3 is 15.4 Å². The van der Waals surface area contributed by atoms with Gasteiger partial charge in [-0.05, 0) is 100 Å². The van der Waals surface area contributed by atoms with Gasteiger partial charge in [-0.2, -0.15) is 0 Å². The fourth-order valence-electron chi connectivity index (χ4n) is 7.82. The van der Waals surface area contributed by atoms with Crippen molar-refractivity contribution in [1.29, 1.82) is 0 Å². The van der Waals surface area contributed by atoms with E-state index in [1.165, 1.54) is 0 Å². The van der Waals surface area contributed by atoms with E-state index < -0.39 is 12.1 Å². The lowest BCUT2D eigenvalue weighted by Gasteiger charge is -2.15. The van der Waals surface area contributed by atoms with Gasteiger partial charge in [-0.1, -0.05) is 53.5 Å². The van der Waals surface area contributed by atoms with E-state index in [9.17, 15) is 9.59 Å². The number of carbonyl (C=O) groups excluding carboxylic acids is 2. The van der Waals surface area contributed by atoms with Crippen LogP contribution in [0.25, 0.3) is 11.4 Å². The third-order valence-electron chi connectivity index (χ3n) is 10.7. The molecule has 306 valence electrons. The molecule has 2 amide bonds. The summed E-state index contributed by atoms with van der Waals surface area (Å²) in [6, 6.07) is 26.1. The first-order valence-corrected chi connectivity index (χ1v) is 20.7. The maximum absolute atomic E-state index is 13.6. The molecule has 2 atom stereocenters. The molecule has 2 aliphatic heterocycles. The number of amides is 2. The number of carbonyl (C=O) groups is 2. The van der Waals surface area contributed by atoms with Crippen molar-refractivity contribution in [2.24, 2.45) is 9.98 Å². The molecule has 0 saturated carbocycles. The number of halogens is 2. The molecular formula is C45H44Cl2N10O3. The van der Waals surface area contributed by atoms with Gasteiger partial charge in [0, 0.05) is 45.4 Å². The molecule has 2 aliphatic rings. The Morgan fingerprint density at radius 3 is 1.72 bits per heavy atom. The number of rotatable bonds is 13. The van der Waals surface area contributed by atoms with E-state index >= 15 is 0 Å². The Balaban J connectivity index is 0.988. The Labute approximate surface area is 357 Å². The molecule has 4 heterocycles. The van der Waals surface area contributed by atoms with Gasteiger partial charge >= 0.3 is 0 Å². The molecule has 2 aromatic heterocycles. The molecule has 60 heavy (non-hydrogen) atoms. The number of hydrogen-bond donors (Lipinski definition) is 2. The quantitative estimate of drug-likeness (QED) is 0.114. The zero-order valence-corrected chi connectivity index (χ0v) is 35.3. The molecule has 15 heteroatoms. The summed E-state index contributed by atoms with van der Waals surface area (Å²) in [6.07, 6.45) is 2.58. The average Bonchev–Trinajstić information content (AvgIpc) is 3.75. The summed E-state index contributed by atoms with van der Waals surface area (Å²) < 4.78 is 9.56. The van der Waals surface area contributed by atoms with E-state index in [2.05, 4.69) is 49.2 Å². The van der Waals surface area contributed by atoms with Gasteiger partial charge in [0.15, 0.2) is 11.6 Å². The fraction of sp³-hybridized carbons (Fsp3) is 0.289. The molecule has 0 saturated heterocycles. The Hall–Kier alpha value is -6.18. The minimum atomic E-state index is -0.596. The second kappa shape index (κ2) is 17.6. The monoisotopic (exact) mass is 842 g/mol. The molecule has 0 spiro atoms. The number of benzene rings is 4. The van der Waals surface area contributed by atoms with Crippen molar-refractivity contribution in [1.82, 2.24) is 40.2 Å². The van der Waals surface area contributed by atoms with E-state index in [1.54, 1.807) is 7.11 Å². The van der Waals surface area contributed by atoms with Gasteiger partial charge in [0.1, 0.15) is 29.5 Å². The standard InChI is InChI=1S/C45H44Cl2N10O3/c1-5-48-40(58)24-36-44-54-52-26(2)56(44)38-19-9-28(22-34(38)42(50-36)29-10-14-31(46)15-11-29)8-6-7-21-49-41(59)25-37-45-55-53-27(3)57(45)39-20-18-33(60-4)23-35(39)43(51-37)30-12-16-32(47)17-13-30/h9-20,22-23,36-37H,5-8,21,24-25H2,1-4H3,(H,48,58)(H,49,59)/t36-,37-/m0/s1. The topological polar surface area (TPSA) is 154 Å². The molecule has 2 N–H and O–H groups in total.